The lowest BCUT2D eigenvalue weighted by Crippen LogP contribution is -2.03. The van der Waals surface area contributed by atoms with E-state index < -0.39 is 0 Å². The lowest BCUT2D eigenvalue weighted by Gasteiger charge is -2.09. The first kappa shape index (κ1) is 11.2. The third kappa shape index (κ3) is 1.72. The predicted octanol–water partition coefficient (Wildman–Crippen LogP) is 2.66. The Morgan fingerprint density at radius 2 is 2.19 bits per heavy atom. The van der Waals surface area contributed by atoms with Gasteiger partial charge in [0.05, 0.1) is 17.8 Å². The van der Waals surface area contributed by atoms with Gasteiger partial charge in [-0.1, -0.05) is 11.6 Å². The van der Waals surface area contributed by atoms with Gasteiger partial charge < -0.3 is 10.5 Å². The molecule has 0 saturated carbocycles. The minimum absolute atomic E-state index is 0.414. The highest BCUT2D eigenvalue weighted by atomic mass is 35.5. The molecule has 0 spiro atoms. The van der Waals surface area contributed by atoms with Crippen molar-refractivity contribution in [3.05, 3.63) is 34.5 Å². The number of aromatic nitrogens is 1. The monoisotopic (exact) mass is 236 g/mol. The molecule has 0 saturated heterocycles. The van der Waals surface area contributed by atoms with E-state index in [1.165, 1.54) is 0 Å². The molecule has 1 heterocycles. The molecule has 3 nitrogen and oxygen atoms in total. The van der Waals surface area contributed by atoms with E-state index in [0.29, 0.717) is 17.3 Å². The van der Waals surface area contributed by atoms with Gasteiger partial charge in [0.2, 0.25) is 0 Å². The van der Waals surface area contributed by atoms with Crippen LogP contribution < -0.4 is 10.5 Å². The predicted molar refractivity (Wildman–Crippen MR) is 65.9 cm³/mol. The second-order valence-corrected chi connectivity index (χ2v) is 4.01. The molecule has 0 aliphatic carbocycles. The summed E-state index contributed by atoms with van der Waals surface area (Å²) in [6.07, 6.45) is 0. The molecule has 0 fully saturated rings. The topological polar surface area (TPSA) is 48.1 Å². The van der Waals surface area contributed by atoms with Gasteiger partial charge in [-0.2, -0.15) is 0 Å². The molecular formula is C12H13ClN2O. The second kappa shape index (κ2) is 4.28. The molecule has 2 aromatic rings. The SMILES string of the molecule is COc1ccc(Cl)c2cc(C)c(CN)nc12. The Bertz CT molecular complexity index is 540. The van der Waals surface area contributed by atoms with E-state index in [9.17, 15) is 0 Å². The maximum Gasteiger partial charge on any atom is 0.145 e. The summed E-state index contributed by atoms with van der Waals surface area (Å²) < 4.78 is 5.26. The number of nitrogens with two attached hydrogens (primary N) is 1. The molecule has 0 bridgehead atoms. The van der Waals surface area contributed by atoms with Crippen molar-refractivity contribution in [3.8, 4) is 5.75 Å². The Kier molecular flexibility index (Phi) is 2.99. The number of pyridine rings is 1. The number of hydrogen-bond donors (Lipinski definition) is 1. The number of aryl methyl sites for hydroxylation is 1. The van der Waals surface area contributed by atoms with Gasteiger partial charge in [0, 0.05) is 11.9 Å². The number of benzene rings is 1. The molecule has 1 aromatic heterocycles. The van der Waals surface area contributed by atoms with Crippen LogP contribution in [0.4, 0.5) is 0 Å². The summed E-state index contributed by atoms with van der Waals surface area (Å²) in [5.74, 6) is 0.717. The van der Waals surface area contributed by atoms with Gasteiger partial charge in [-0.15, -0.1) is 0 Å². The summed E-state index contributed by atoms with van der Waals surface area (Å²) in [4.78, 5) is 4.49. The van der Waals surface area contributed by atoms with E-state index in [0.717, 1.165) is 22.2 Å². The van der Waals surface area contributed by atoms with Crippen LogP contribution >= 0.6 is 11.6 Å². The quantitative estimate of drug-likeness (QED) is 0.872. The standard InChI is InChI=1S/C12H13ClN2O/c1-7-5-8-9(13)3-4-11(16-2)12(8)15-10(7)6-14/h3-5H,6,14H2,1-2H3. The smallest absolute Gasteiger partial charge is 0.145 e. The number of fused-ring (bicyclic) bond motifs is 1. The fraction of sp³-hybridized carbons (Fsp3) is 0.250. The van der Waals surface area contributed by atoms with Gasteiger partial charge in [0.25, 0.3) is 0 Å². The third-order valence-electron chi connectivity index (χ3n) is 2.60. The zero-order valence-corrected chi connectivity index (χ0v) is 10.0. The molecule has 0 atom stereocenters. The van der Waals surface area contributed by atoms with Crippen molar-refractivity contribution < 1.29 is 4.74 Å². The maximum atomic E-state index is 6.13. The second-order valence-electron chi connectivity index (χ2n) is 3.60. The average molecular weight is 237 g/mol. The van der Waals surface area contributed by atoms with Crippen LogP contribution in [-0.4, -0.2) is 12.1 Å². The number of ether oxygens (including phenoxy) is 1. The Morgan fingerprint density at radius 3 is 2.81 bits per heavy atom. The van der Waals surface area contributed by atoms with Crippen LogP contribution in [0.2, 0.25) is 5.02 Å². The summed E-state index contributed by atoms with van der Waals surface area (Å²) in [6, 6.07) is 5.62. The molecule has 1 aromatic carbocycles. The van der Waals surface area contributed by atoms with Gasteiger partial charge in [-0.3, -0.25) is 0 Å². The maximum absolute atomic E-state index is 6.13. The van der Waals surface area contributed by atoms with Gasteiger partial charge >= 0.3 is 0 Å². The average Bonchev–Trinajstić information content (AvgIpc) is 2.30. The fourth-order valence-corrected chi connectivity index (χ4v) is 1.92. The molecule has 0 unspecified atom stereocenters. The van der Waals surface area contributed by atoms with Gasteiger partial charge in [0.1, 0.15) is 11.3 Å². The molecule has 2 N–H and O–H groups in total. The normalized spacial score (nSPS) is 10.8. The first-order chi connectivity index (χ1) is 7.67. The van der Waals surface area contributed by atoms with Crippen molar-refractivity contribution in [1.29, 1.82) is 0 Å². The van der Waals surface area contributed by atoms with Crippen LogP contribution in [0.3, 0.4) is 0 Å². The Hall–Kier alpha value is -1.32. The van der Waals surface area contributed by atoms with Crippen LogP contribution in [0.5, 0.6) is 5.75 Å². The van der Waals surface area contributed by atoms with Crippen LogP contribution in [0.25, 0.3) is 10.9 Å². The number of halogens is 1. The molecule has 0 radical (unpaired) electrons. The van der Waals surface area contributed by atoms with Gasteiger partial charge in [-0.05, 0) is 30.7 Å². The highest BCUT2D eigenvalue weighted by Crippen LogP contribution is 2.31. The van der Waals surface area contributed by atoms with Crippen LogP contribution in [0.1, 0.15) is 11.3 Å². The first-order valence-electron chi connectivity index (χ1n) is 5.00. The third-order valence-corrected chi connectivity index (χ3v) is 2.93. The first-order valence-corrected chi connectivity index (χ1v) is 5.38. The molecule has 0 amide bonds. The highest BCUT2D eigenvalue weighted by molar-refractivity contribution is 6.35. The number of methoxy groups -OCH3 is 1. The van der Waals surface area contributed by atoms with Gasteiger partial charge in [-0.25, -0.2) is 4.98 Å². The van der Waals surface area contributed by atoms with E-state index in [-0.39, 0.29) is 0 Å². The molecule has 2 rings (SSSR count). The van der Waals surface area contributed by atoms with Crippen molar-refractivity contribution in [3.63, 3.8) is 0 Å². The molecule has 16 heavy (non-hydrogen) atoms. The number of hydrogen-bond acceptors (Lipinski definition) is 3. The van der Waals surface area contributed by atoms with E-state index in [1.54, 1.807) is 7.11 Å². The zero-order chi connectivity index (χ0) is 11.7. The van der Waals surface area contributed by atoms with Crippen molar-refractivity contribution in [2.45, 2.75) is 13.5 Å². The Labute approximate surface area is 99.2 Å². The van der Waals surface area contributed by atoms with Crippen molar-refractivity contribution in [1.82, 2.24) is 4.98 Å². The molecule has 0 aliphatic rings. The lowest BCUT2D eigenvalue weighted by molar-refractivity contribution is 0.419. The van der Waals surface area contributed by atoms with E-state index in [2.05, 4.69) is 4.98 Å². The Morgan fingerprint density at radius 1 is 1.44 bits per heavy atom. The minimum atomic E-state index is 0.414. The summed E-state index contributed by atoms with van der Waals surface area (Å²) >= 11 is 6.13. The highest BCUT2D eigenvalue weighted by Gasteiger charge is 2.09. The zero-order valence-electron chi connectivity index (χ0n) is 9.25. The molecule has 4 heteroatoms. The Balaban J connectivity index is 2.83. The van der Waals surface area contributed by atoms with E-state index >= 15 is 0 Å². The largest absolute Gasteiger partial charge is 0.494 e. The summed E-state index contributed by atoms with van der Waals surface area (Å²) in [5, 5.41) is 1.57. The van der Waals surface area contributed by atoms with Crippen LogP contribution in [0, 0.1) is 6.92 Å². The van der Waals surface area contributed by atoms with Crippen molar-refractivity contribution in [2.24, 2.45) is 5.73 Å². The lowest BCUT2D eigenvalue weighted by atomic mass is 10.1. The molecule has 0 aliphatic heterocycles. The van der Waals surface area contributed by atoms with Crippen molar-refractivity contribution >= 4 is 22.5 Å². The fourth-order valence-electron chi connectivity index (χ4n) is 1.71. The summed E-state index contributed by atoms with van der Waals surface area (Å²) in [7, 11) is 1.62. The minimum Gasteiger partial charge on any atom is -0.494 e. The van der Waals surface area contributed by atoms with Crippen LogP contribution in [0.15, 0.2) is 18.2 Å². The van der Waals surface area contributed by atoms with Crippen LogP contribution in [-0.2, 0) is 6.54 Å². The molecular weight excluding hydrogens is 224 g/mol. The van der Waals surface area contributed by atoms with Crippen molar-refractivity contribution in [2.75, 3.05) is 7.11 Å². The summed E-state index contributed by atoms with van der Waals surface area (Å²) in [5.41, 5.74) is 8.31. The number of rotatable bonds is 2. The molecule has 84 valence electrons. The number of nitrogens with zero attached hydrogens (tertiary/aromatic N) is 1. The van der Waals surface area contributed by atoms with E-state index in [1.807, 2.05) is 25.1 Å². The van der Waals surface area contributed by atoms with E-state index in [4.69, 9.17) is 22.1 Å². The summed E-state index contributed by atoms with van der Waals surface area (Å²) in [6.45, 7) is 2.39. The van der Waals surface area contributed by atoms with Gasteiger partial charge in [0.15, 0.2) is 0 Å².